The van der Waals surface area contributed by atoms with Gasteiger partial charge < -0.3 is 15.0 Å². The van der Waals surface area contributed by atoms with Crippen LogP contribution in [0.1, 0.15) is 25.3 Å². The van der Waals surface area contributed by atoms with E-state index in [0.29, 0.717) is 39.0 Å². The highest BCUT2D eigenvalue weighted by molar-refractivity contribution is 5.94. The summed E-state index contributed by atoms with van der Waals surface area (Å²) in [4.78, 5) is 29.1. The van der Waals surface area contributed by atoms with Crippen LogP contribution >= 0.6 is 0 Å². The third kappa shape index (κ3) is 6.26. The second kappa shape index (κ2) is 11.0. The Morgan fingerprint density at radius 3 is 2.50 bits per heavy atom. The minimum absolute atomic E-state index is 0.0478. The lowest BCUT2D eigenvalue weighted by molar-refractivity contribution is -0.131. The normalized spacial score (nSPS) is 15.7. The van der Waals surface area contributed by atoms with Crippen LogP contribution in [0.4, 0.5) is 14.5 Å². The number of hydrogen-bond donors (Lipinski definition) is 1. The van der Waals surface area contributed by atoms with Crippen LogP contribution in [-0.4, -0.2) is 60.9 Å². The fourth-order valence-corrected chi connectivity index (χ4v) is 3.77. The molecule has 6 nitrogen and oxygen atoms in total. The molecule has 2 aromatic rings. The van der Waals surface area contributed by atoms with Gasteiger partial charge in [0.25, 0.3) is 0 Å². The van der Waals surface area contributed by atoms with Gasteiger partial charge in [-0.1, -0.05) is 12.1 Å². The molecule has 3 rings (SSSR count). The molecule has 2 aromatic carbocycles. The number of methoxy groups -OCH3 is 1. The van der Waals surface area contributed by atoms with Crippen molar-refractivity contribution in [3.05, 3.63) is 59.7 Å². The van der Waals surface area contributed by atoms with Crippen LogP contribution in [0.3, 0.4) is 0 Å². The second-order valence-electron chi connectivity index (χ2n) is 7.91. The zero-order valence-corrected chi connectivity index (χ0v) is 18.4. The molecule has 1 N–H and O–H groups in total. The highest BCUT2D eigenvalue weighted by atomic mass is 19.1. The average Bonchev–Trinajstić information content (AvgIpc) is 3.05. The molecule has 0 bridgehead atoms. The molecule has 0 spiro atoms. The zero-order valence-electron chi connectivity index (χ0n) is 18.4. The molecule has 1 saturated heterocycles. The van der Waals surface area contributed by atoms with Gasteiger partial charge in [0.05, 0.1) is 18.8 Å². The quantitative estimate of drug-likeness (QED) is 0.709. The van der Waals surface area contributed by atoms with Crippen molar-refractivity contribution < 1.29 is 23.1 Å². The van der Waals surface area contributed by atoms with E-state index in [1.807, 2.05) is 34.1 Å². The highest BCUT2D eigenvalue weighted by Gasteiger charge is 2.26. The Morgan fingerprint density at radius 1 is 1.06 bits per heavy atom. The van der Waals surface area contributed by atoms with E-state index in [1.165, 1.54) is 6.07 Å². The Kier molecular flexibility index (Phi) is 8.16. The van der Waals surface area contributed by atoms with E-state index in [2.05, 4.69) is 5.32 Å². The van der Waals surface area contributed by atoms with E-state index in [0.717, 1.165) is 29.9 Å². The number of ether oxygens (including phenoxy) is 1. The number of hydrogen-bond acceptors (Lipinski definition) is 4. The van der Waals surface area contributed by atoms with E-state index < -0.39 is 17.7 Å². The van der Waals surface area contributed by atoms with Crippen molar-refractivity contribution in [1.29, 1.82) is 0 Å². The highest BCUT2D eigenvalue weighted by Crippen LogP contribution is 2.17. The van der Waals surface area contributed by atoms with Crippen LogP contribution in [0.2, 0.25) is 0 Å². The summed E-state index contributed by atoms with van der Waals surface area (Å²) < 4.78 is 32.1. The molecule has 8 heteroatoms. The summed E-state index contributed by atoms with van der Waals surface area (Å²) in [5, 5.41) is 2.52. The van der Waals surface area contributed by atoms with Gasteiger partial charge in [0, 0.05) is 38.7 Å². The molecule has 172 valence electrons. The summed E-state index contributed by atoms with van der Waals surface area (Å²) in [5.41, 5.74) is 1.03. The predicted molar refractivity (Wildman–Crippen MR) is 119 cm³/mol. The number of nitrogens with zero attached hydrogens (tertiary/aromatic N) is 2. The molecule has 2 amide bonds. The molecule has 32 heavy (non-hydrogen) atoms. The maximum Gasteiger partial charge on any atom is 0.241 e. The molecule has 1 fully saturated rings. The topological polar surface area (TPSA) is 61.9 Å². The predicted octanol–water partition coefficient (Wildman–Crippen LogP) is 3.47. The summed E-state index contributed by atoms with van der Waals surface area (Å²) in [6, 6.07) is 10.2. The van der Waals surface area contributed by atoms with Gasteiger partial charge in [-0.05, 0) is 49.6 Å². The number of carbonyl (C=O) groups excluding carboxylic acids is 2. The van der Waals surface area contributed by atoms with Gasteiger partial charge in [-0.15, -0.1) is 0 Å². The van der Waals surface area contributed by atoms with Gasteiger partial charge in [0.15, 0.2) is 0 Å². The molecule has 0 aromatic heterocycles. The standard InChI is InChI=1S/C24H29F2N3O3/c1-17(24(31)27-22-10-7-19(25)16-21(22)26)28-12-3-13-29(15-14-28)23(30)11-6-18-4-8-20(32-2)9-5-18/h4-5,7-10,16-17H,3,6,11-15H2,1-2H3,(H,27,31). The number of carbonyl (C=O) groups is 2. The minimum Gasteiger partial charge on any atom is -0.497 e. The largest absolute Gasteiger partial charge is 0.497 e. The Balaban J connectivity index is 1.49. The monoisotopic (exact) mass is 445 g/mol. The summed E-state index contributed by atoms with van der Waals surface area (Å²) >= 11 is 0. The summed E-state index contributed by atoms with van der Waals surface area (Å²) in [7, 11) is 1.62. The maximum absolute atomic E-state index is 13.8. The molecule has 0 radical (unpaired) electrons. The van der Waals surface area contributed by atoms with Crippen LogP contribution in [0.15, 0.2) is 42.5 Å². The third-order valence-corrected chi connectivity index (χ3v) is 5.79. The molecule has 0 saturated carbocycles. The fraction of sp³-hybridized carbons (Fsp3) is 0.417. The molecule has 1 unspecified atom stereocenters. The Bertz CT molecular complexity index is 937. The van der Waals surface area contributed by atoms with Crippen LogP contribution in [-0.2, 0) is 16.0 Å². The van der Waals surface area contributed by atoms with Gasteiger partial charge in [0.2, 0.25) is 11.8 Å². The van der Waals surface area contributed by atoms with Crippen molar-refractivity contribution in [2.75, 3.05) is 38.6 Å². The molecule has 1 heterocycles. The van der Waals surface area contributed by atoms with Crippen molar-refractivity contribution >= 4 is 17.5 Å². The van der Waals surface area contributed by atoms with Gasteiger partial charge in [-0.25, -0.2) is 8.78 Å². The molecule has 1 aliphatic rings. The van der Waals surface area contributed by atoms with Gasteiger partial charge in [-0.3, -0.25) is 14.5 Å². The number of nitrogens with one attached hydrogen (secondary N) is 1. The molecule has 0 aliphatic carbocycles. The Hall–Kier alpha value is -3.00. The van der Waals surface area contributed by atoms with Crippen molar-refractivity contribution in [2.45, 2.75) is 32.2 Å². The SMILES string of the molecule is COc1ccc(CCC(=O)N2CCCN(C(C)C(=O)Nc3ccc(F)cc3F)CC2)cc1. The Labute approximate surface area is 187 Å². The summed E-state index contributed by atoms with van der Waals surface area (Å²) in [6.45, 7) is 4.12. The van der Waals surface area contributed by atoms with Crippen LogP contribution < -0.4 is 10.1 Å². The van der Waals surface area contributed by atoms with Gasteiger partial charge >= 0.3 is 0 Å². The van der Waals surface area contributed by atoms with Crippen LogP contribution in [0, 0.1) is 11.6 Å². The summed E-state index contributed by atoms with van der Waals surface area (Å²) in [5.74, 6) is -0.996. The molecule has 1 atom stereocenters. The fourth-order valence-electron chi connectivity index (χ4n) is 3.77. The molecule has 1 aliphatic heterocycles. The zero-order chi connectivity index (χ0) is 23.1. The van der Waals surface area contributed by atoms with E-state index in [9.17, 15) is 18.4 Å². The number of anilines is 1. The number of aryl methyl sites for hydroxylation is 1. The minimum atomic E-state index is -0.810. The van der Waals surface area contributed by atoms with E-state index >= 15 is 0 Å². The Morgan fingerprint density at radius 2 is 1.81 bits per heavy atom. The van der Waals surface area contributed by atoms with Gasteiger partial charge in [0.1, 0.15) is 17.4 Å². The first-order chi connectivity index (χ1) is 15.4. The van der Waals surface area contributed by atoms with Crippen molar-refractivity contribution in [2.24, 2.45) is 0 Å². The summed E-state index contributed by atoms with van der Waals surface area (Å²) in [6.07, 6.45) is 1.83. The lowest BCUT2D eigenvalue weighted by atomic mass is 10.1. The number of halogens is 2. The molecular formula is C24H29F2N3O3. The van der Waals surface area contributed by atoms with E-state index in [-0.39, 0.29) is 17.5 Å². The first-order valence-corrected chi connectivity index (χ1v) is 10.8. The van der Waals surface area contributed by atoms with Crippen molar-refractivity contribution in [1.82, 2.24) is 9.80 Å². The maximum atomic E-state index is 13.8. The lowest BCUT2D eigenvalue weighted by Crippen LogP contribution is -2.44. The lowest BCUT2D eigenvalue weighted by Gasteiger charge is -2.27. The van der Waals surface area contributed by atoms with Crippen molar-refractivity contribution in [3.63, 3.8) is 0 Å². The van der Waals surface area contributed by atoms with Crippen molar-refractivity contribution in [3.8, 4) is 5.75 Å². The van der Waals surface area contributed by atoms with E-state index in [1.54, 1.807) is 14.0 Å². The first kappa shape index (κ1) is 23.7. The third-order valence-electron chi connectivity index (χ3n) is 5.79. The number of amides is 2. The average molecular weight is 446 g/mol. The molecular weight excluding hydrogens is 416 g/mol. The van der Waals surface area contributed by atoms with Crippen LogP contribution in [0.25, 0.3) is 0 Å². The van der Waals surface area contributed by atoms with Crippen LogP contribution in [0.5, 0.6) is 5.75 Å². The van der Waals surface area contributed by atoms with E-state index in [4.69, 9.17) is 4.74 Å². The van der Waals surface area contributed by atoms with Gasteiger partial charge in [-0.2, -0.15) is 0 Å². The number of rotatable bonds is 7. The second-order valence-corrected chi connectivity index (χ2v) is 7.91. The first-order valence-electron chi connectivity index (χ1n) is 10.8. The number of benzene rings is 2. The smallest absolute Gasteiger partial charge is 0.241 e.